The molecule has 7 nitrogen and oxygen atoms in total. The number of anilines is 2. The summed E-state index contributed by atoms with van der Waals surface area (Å²) in [5.74, 6) is -1.04. The van der Waals surface area contributed by atoms with Crippen molar-refractivity contribution >= 4 is 23.2 Å². The summed E-state index contributed by atoms with van der Waals surface area (Å²) >= 11 is 0. The molecule has 0 fully saturated rings. The zero-order chi connectivity index (χ0) is 19.6. The van der Waals surface area contributed by atoms with Crippen LogP contribution in [-0.4, -0.2) is 35.7 Å². The number of rotatable bonds is 4. The van der Waals surface area contributed by atoms with Gasteiger partial charge < -0.3 is 20.1 Å². The Labute approximate surface area is 151 Å². The summed E-state index contributed by atoms with van der Waals surface area (Å²) in [4.78, 5) is 27.8. The number of pyridine rings is 1. The number of fused-ring (bicyclic) bond motifs is 1. The molecule has 2 aromatic rings. The fraction of sp³-hybridized carbons (Fsp3) is 0.235. The van der Waals surface area contributed by atoms with E-state index in [0.29, 0.717) is 17.1 Å². The average Bonchev–Trinajstić information content (AvgIpc) is 2.61. The Morgan fingerprint density at radius 2 is 2.15 bits per heavy atom. The Morgan fingerprint density at radius 3 is 2.89 bits per heavy atom. The van der Waals surface area contributed by atoms with E-state index < -0.39 is 30.7 Å². The number of nitrogens with zero attached hydrogens (tertiary/aromatic N) is 1. The molecule has 0 bridgehead atoms. The quantitative estimate of drug-likeness (QED) is 0.850. The highest BCUT2D eigenvalue weighted by Gasteiger charge is 2.30. The van der Waals surface area contributed by atoms with E-state index in [2.05, 4.69) is 20.4 Å². The van der Waals surface area contributed by atoms with E-state index in [1.165, 1.54) is 30.5 Å². The Balaban J connectivity index is 1.77. The second-order valence-electron chi connectivity index (χ2n) is 5.67. The van der Waals surface area contributed by atoms with Gasteiger partial charge in [0.2, 0.25) is 5.88 Å². The molecule has 27 heavy (non-hydrogen) atoms. The highest BCUT2D eigenvalue weighted by Crippen LogP contribution is 2.32. The van der Waals surface area contributed by atoms with Crippen LogP contribution in [0, 0.1) is 0 Å². The molecule has 0 unspecified atom stereocenters. The van der Waals surface area contributed by atoms with E-state index in [1.54, 1.807) is 13.0 Å². The van der Waals surface area contributed by atoms with Crippen LogP contribution in [0.2, 0.25) is 0 Å². The molecule has 1 aromatic carbocycles. The number of aromatic nitrogens is 1. The topological polar surface area (TPSA) is 89.6 Å². The molecule has 142 valence electrons. The molecule has 2 N–H and O–H groups in total. The molecule has 1 aliphatic rings. The summed E-state index contributed by atoms with van der Waals surface area (Å²) < 4.78 is 47.0. The number of amides is 2. The Hall–Kier alpha value is -3.30. The predicted octanol–water partition coefficient (Wildman–Crippen LogP) is 2.99. The number of halogens is 3. The molecule has 2 heterocycles. The normalized spacial score (nSPS) is 16.0. The maximum absolute atomic E-state index is 12.4. The highest BCUT2D eigenvalue weighted by atomic mass is 19.4. The summed E-state index contributed by atoms with van der Waals surface area (Å²) in [7, 11) is 0. The molecule has 1 aromatic heterocycles. The molecule has 0 radical (unpaired) electrons. The predicted molar refractivity (Wildman–Crippen MR) is 88.9 cm³/mol. The molecule has 1 aliphatic heterocycles. The molecule has 10 heteroatoms. The molecular formula is C17H14F3N3O4. The van der Waals surface area contributed by atoms with Crippen LogP contribution in [0.1, 0.15) is 17.3 Å². The van der Waals surface area contributed by atoms with Crippen molar-refractivity contribution in [3.8, 4) is 11.6 Å². The maximum atomic E-state index is 12.4. The molecule has 1 atom stereocenters. The summed E-state index contributed by atoms with van der Waals surface area (Å²) in [5.41, 5.74) is 0.520. The van der Waals surface area contributed by atoms with E-state index in [0.717, 1.165) is 0 Å². The Bertz CT molecular complexity index is 886. The van der Waals surface area contributed by atoms with Gasteiger partial charge in [0.15, 0.2) is 12.7 Å². The van der Waals surface area contributed by atoms with E-state index in [4.69, 9.17) is 4.74 Å². The number of hydrogen-bond donors (Lipinski definition) is 2. The number of benzene rings is 1. The highest BCUT2D eigenvalue weighted by molar-refractivity contribution is 6.06. The monoisotopic (exact) mass is 381 g/mol. The number of carbonyl (C=O) groups excluding carboxylic acids is 2. The fourth-order valence-electron chi connectivity index (χ4n) is 2.31. The number of ether oxygens (including phenoxy) is 2. The first-order valence-electron chi connectivity index (χ1n) is 7.80. The van der Waals surface area contributed by atoms with Crippen LogP contribution in [-0.2, 0) is 4.79 Å². The minimum Gasteiger partial charge on any atom is -0.479 e. The molecule has 0 aliphatic carbocycles. The summed E-state index contributed by atoms with van der Waals surface area (Å²) in [5, 5.41) is 5.16. The maximum Gasteiger partial charge on any atom is 0.422 e. The van der Waals surface area contributed by atoms with Crippen LogP contribution in [0.25, 0.3) is 0 Å². The van der Waals surface area contributed by atoms with Gasteiger partial charge in [-0.25, -0.2) is 4.98 Å². The fourth-order valence-corrected chi connectivity index (χ4v) is 2.31. The molecule has 3 rings (SSSR count). The summed E-state index contributed by atoms with van der Waals surface area (Å²) in [6.45, 7) is 0.0313. The number of carbonyl (C=O) groups is 2. The molecule has 0 saturated heterocycles. The van der Waals surface area contributed by atoms with E-state index in [-0.39, 0.29) is 11.5 Å². The third kappa shape index (κ3) is 4.46. The summed E-state index contributed by atoms with van der Waals surface area (Å²) in [6.07, 6.45) is -3.98. The number of hydrogen-bond acceptors (Lipinski definition) is 5. The van der Waals surface area contributed by atoms with E-state index in [1.807, 2.05) is 0 Å². The van der Waals surface area contributed by atoms with Crippen LogP contribution in [0.15, 0.2) is 36.5 Å². The van der Waals surface area contributed by atoms with Crippen molar-refractivity contribution in [1.29, 1.82) is 0 Å². The van der Waals surface area contributed by atoms with Gasteiger partial charge in [-0.3, -0.25) is 9.59 Å². The zero-order valence-corrected chi connectivity index (χ0v) is 14.0. The molecule has 2 amide bonds. The van der Waals surface area contributed by atoms with Crippen molar-refractivity contribution in [2.45, 2.75) is 19.2 Å². The van der Waals surface area contributed by atoms with Crippen LogP contribution < -0.4 is 20.1 Å². The van der Waals surface area contributed by atoms with Crippen molar-refractivity contribution in [3.63, 3.8) is 0 Å². The van der Waals surface area contributed by atoms with Gasteiger partial charge in [0.25, 0.3) is 11.8 Å². The van der Waals surface area contributed by atoms with E-state index in [9.17, 15) is 22.8 Å². The van der Waals surface area contributed by atoms with Gasteiger partial charge in [-0.2, -0.15) is 13.2 Å². The van der Waals surface area contributed by atoms with Gasteiger partial charge >= 0.3 is 6.18 Å². The zero-order valence-electron chi connectivity index (χ0n) is 14.0. The van der Waals surface area contributed by atoms with Crippen molar-refractivity contribution in [2.24, 2.45) is 0 Å². The van der Waals surface area contributed by atoms with Crippen LogP contribution in [0.5, 0.6) is 11.6 Å². The molecular weight excluding hydrogens is 367 g/mol. The second kappa shape index (κ2) is 7.14. The first-order chi connectivity index (χ1) is 12.7. The lowest BCUT2D eigenvalue weighted by atomic mass is 10.2. The minimum atomic E-state index is -4.56. The second-order valence-corrected chi connectivity index (χ2v) is 5.67. The standard InChI is InChI=1S/C17H14F3N3O4/c1-9-14(24)23-12-7-10(4-5-13(12)27-9)22-15(25)11-3-2-6-21-16(11)26-8-17(18,19)20/h2-7,9H,8H2,1H3,(H,22,25)(H,23,24)/t9-/m1/s1. The van der Waals surface area contributed by atoms with Gasteiger partial charge in [0, 0.05) is 11.9 Å². The molecule has 0 saturated carbocycles. The minimum absolute atomic E-state index is 0.159. The van der Waals surface area contributed by atoms with Crippen molar-refractivity contribution in [1.82, 2.24) is 4.98 Å². The van der Waals surface area contributed by atoms with E-state index >= 15 is 0 Å². The van der Waals surface area contributed by atoms with Crippen LogP contribution >= 0.6 is 0 Å². The van der Waals surface area contributed by atoms with Crippen LogP contribution in [0.4, 0.5) is 24.5 Å². The lowest BCUT2D eigenvalue weighted by Gasteiger charge is -2.23. The Morgan fingerprint density at radius 1 is 1.37 bits per heavy atom. The number of nitrogens with one attached hydrogen (secondary N) is 2. The van der Waals surface area contributed by atoms with Gasteiger partial charge in [0.05, 0.1) is 5.69 Å². The number of alkyl halides is 3. The third-order valence-corrected chi connectivity index (χ3v) is 3.56. The van der Waals surface area contributed by atoms with Crippen molar-refractivity contribution in [2.75, 3.05) is 17.2 Å². The van der Waals surface area contributed by atoms with Gasteiger partial charge in [0.1, 0.15) is 11.3 Å². The van der Waals surface area contributed by atoms with Gasteiger partial charge in [-0.1, -0.05) is 0 Å². The van der Waals surface area contributed by atoms with Gasteiger partial charge in [-0.05, 0) is 37.3 Å². The first kappa shape index (κ1) is 18.5. The Kier molecular flexibility index (Phi) is 4.89. The molecule has 0 spiro atoms. The lowest BCUT2D eigenvalue weighted by Crippen LogP contribution is -2.34. The SMILES string of the molecule is C[C@H]1Oc2ccc(NC(=O)c3cccnc3OCC(F)(F)F)cc2NC1=O. The summed E-state index contributed by atoms with van der Waals surface area (Å²) in [6, 6.07) is 7.26. The lowest BCUT2D eigenvalue weighted by molar-refractivity contribution is -0.154. The average molecular weight is 381 g/mol. The van der Waals surface area contributed by atoms with Crippen molar-refractivity contribution in [3.05, 3.63) is 42.1 Å². The largest absolute Gasteiger partial charge is 0.479 e. The third-order valence-electron chi connectivity index (χ3n) is 3.56. The smallest absolute Gasteiger partial charge is 0.422 e. The van der Waals surface area contributed by atoms with Gasteiger partial charge in [-0.15, -0.1) is 0 Å². The van der Waals surface area contributed by atoms with Crippen molar-refractivity contribution < 1.29 is 32.2 Å². The van der Waals surface area contributed by atoms with Crippen LogP contribution in [0.3, 0.4) is 0 Å². The first-order valence-corrected chi connectivity index (χ1v) is 7.80.